The Morgan fingerprint density at radius 3 is 2.12 bits per heavy atom. The second kappa shape index (κ2) is 6.14. The Labute approximate surface area is 101 Å². The summed E-state index contributed by atoms with van der Waals surface area (Å²) >= 11 is 0. The molecule has 96 valence electrons. The van der Waals surface area contributed by atoms with Crippen LogP contribution >= 0.6 is 0 Å². The normalized spacial score (nSPS) is 23.2. The molecule has 0 aliphatic carbocycles. The van der Waals surface area contributed by atoms with Crippen LogP contribution in [0.25, 0.3) is 0 Å². The maximum atomic E-state index is 6.49. The van der Waals surface area contributed by atoms with Crippen LogP contribution in [0.4, 0.5) is 0 Å². The zero-order valence-electron chi connectivity index (χ0n) is 10.9. The van der Waals surface area contributed by atoms with Crippen molar-refractivity contribution in [2.24, 2.45) is 11.5 Å². The van der Waals surface area contributed by atoms with Gasteiger partial charge >= 0.3 is 0 Å². The third-order valence-corrected chi connectivity index (χ3v) is 6.12. The highest BCUT2D eigenvalue weighted by Gasteiger charge is 2.40. The Hall–Kier alpha value is 0.0969. The van der Waals surface area contributed by atoms with E-state index in [-0.39, 0.29) is 5.60 Å². The molecule has 0 amide bonds. The van der Waals surface area contributed by atoms with E-state index in [4.69, 9.17) is 15.9 Å². The van der Waals surface area contributed by atoms with Gasteiger partial charge in [0.25, 0.3) is 0 Å². The molecule has 0 radical (unpaired) electrons. The van der Waals surface area contributed by atoms with E-state index < -0.39 is 8.32 Å². The van der Waals surface area contributed by atoms with E-state index >= 15 is 0 Å². The van der Waals surface area contributed by atoms with Gasteiger partial charge in [-0.15, -0.1) is 0 Å². The van der Waals surface area contributed by atoms with Gasteiger partial charge in [0, 0.05) is 0 Å². The fourth-order valence-electron chi connectivity index (χ4n) is 2.85. The predicted octanol–water partition coefficient (Wildman–Crippen LogP) is 2.22. The molecule has 1 aliphatic rings. The molecule has 0 aromatic rings. The van der Waals surface area contributed by atoms with Crippen molar-refractivity contribution in [2.45, 2.75) is 63.3 Å². The first-order valence-electron chi connectivity index (χ1n) is 6.64. The number of hydrogen-bond donors (Lipinski definition) is 2. The van der Waals surface area contributed by atoms with Crippen molar-refractivity contribution in [3.05, 3.63) is 0 Å². The van der Waals surface area contributed by atoms with Crippen LogP contribution in [0.5, 0.6) is 0 Å². The van der Waals surface area contributed by atoms with Crippen LogP contribution < -0.4 is 11.5 Å². The van der Waals surface area contributed by atoms with Crippen LogP contribution in [0.1, 0.15) is 38.5 Å². The average molecular weight is 244 g/mol. The SMILES string of the molecule is C[Si]1(C)CCCC(CCCN)(CCCN)O1. The molecule has 16 heavy (non-hydrogen) atoms. The molecule has 4 N–H and O–H groups in total. The summed E-state index contributed by atoms with van der Waals surface area (Å²) in [5.74, 6) is 0. The zero-order valence-corrected chi connectivity index (χ0v) is 11.9. The summed E-state index contributed by atoms with van der Waals surface area (Å²) in [5.41, 5.74) is 11.4. The van der Waals surface area contributed by atoms with Gasteiger partial charge in [-0.2, -0.15) is 0 Å². The Bertz CT molecular complexity index is 201. The van der Waals surface area contributed by atoms with Crippen molar-refractivity contribution in [3.8, 4) is 0 Å². The fraction of sp³-hybridized carbons (Fsp3) is 1.00. The summed E-state index contributed by atoms with van der Waals surface area (Å²) in [6, 6.07) is 1.31. The van der Waals surface area contributed by atoms with Crippen molar-refractivity contribution >= 4 is 8.32 Å². The molecule has 0 saturated carbocycles. The van der Waals surface area contributed by atoms with Gasteiger partial charge in [-0.3, -0.25) is 0 Å². The summed E-state index contributed by atoms with van der Waals surface area (Å²) in [5, 5.41) is 0. The lowest BCUT2D eigenvalue weighted by atomic mass is 9.87. The van der Waals surface area contributed by atoms with Gasteiger partial charge in [0.1, 0.15) is 0 Å². The molecule has 1 fully saturated rings. The molecule has 3 nitrogen and oxygen atoms in total. The molecular weight excluding hydrogens is 216 g/mol. The molecule has 1 heterocycles. The van der Waals surface area contributed by atoms with E-state index in [1.54, 1.807) is 0 Å². The minimum atomic E-state index is -1.41. The topological polar surface area (TPSA) is 61.3 Å². The van der Waals surface area contributed by atoms with Crippen molar-refractivity contribution < 1.29 is 4.43 Å². The first-order valence-corrected chi connectivity index (χ1v) is 9.75. The quantitative estimate of drug-likeness (QED) is 0.704. The van der Waals surface area contributed by atoms with Crippen molar-refractivity contribution in [2.75, 3.05) is 13.1 Å². The molecule has 1 aliphatic heterocycles. The highest BCUT2D eigenvalue weighted by atomic mass is 28.4. The monoisotopic (exact) mass is 244 g/mol. The van der Waals surface area contributed by atoms with Gasteiger partial charge in [0.15, 0.2) is 8.32 Å². The first kappa shape index (κ1) is 14.2. The van der Waals surface area contributed by atoms with E-state index in [2.05, 4.69) is 13.1 Å². The van der Waals surface area contributed by atoms with Gasteiger partial charge in [0.05, 0.1) is 5.60 Å². The third-order valence-electron chi connectivity index (χ3n) is 3.58. The maximum absolute atomic E-state index is 6.49. The molecule has 1 rings (SSSR count). The fourth-order valence-corrected chi connectivity index (χ4v) is 5.46. The second-order valence-corrected chi connectivity index (χ2v) is 9.91. The van der Waals surface area contributed by atoms with Crippen LogP contribution in [-0.4, -0.2) is 27.0 Å². The van der Waals surface area contributed by atoms with E-state index in [9.17, 15) is 0 Å². The molecule has 0 spiro atoms. The number of rotatable bonds is 6. The molecule has 4 heteroatoms. The minimum Gasteiger partial charge on any atom is -0.412 e. The molecule has 1 saturated heterocycles. The second-order valence-electron chi connectivity index (χ2n) is 5.68. The Kier molecular flexibility index (Phi) is 5.44. The van der Waals surface area contributed by atoms with Crippen LogP contribution in [0.15, 0.2) is 0 Å². The molecule has 0 unspecified atom stereocenters. The summed E-state index contributed by atoms with van der Waals surface area (Å²) in [7, 11) is -1.41. The van der Waals surface area contributed by atoms with Crippen LogP contribution in [0, 0.1) is 0 Å². The largest absolute Gasteiger partial charge is 0.412 e. The summed E-state index contributed by atoms with van der Waals surface area (Å²) in [6.07, 6.45) is 6.95. The zero-order chi connectivity index (χ0) is 12.1. The lowest BCUT2D eigenvalue weighted by Gasteiger charge is -2.45. The number of hydrogen-bond acceptors (Lipinski definition) is 3. The van der Waals surface area contributed by atoms with Crippen LogP contribution in [-0.2, 0) is 4.43 Å². The van der Waals surface area contributed by atoms with Gasteiger partial charge in [-0.1, -0.05) is 6.42 Å². The minimum absolute atomic E-state index is 0.118. The highest BCUT2D eigenvalue weighted by Crippen LogP contribution is 2.39. The summed E-state index contributed by atoms with van der Waals surface area (Å²) in [6.45, 7) is 6.23. The molecule has 0 bridgehead atoms. The van der Waals surface area contributed by atoms with Crippen molar-refractivity contribution in [1.29, 1.82) is 0 Å². The Morgan fingerprint density at radius 1 is 1.12 bits per heavy atom. The van der Waals surface area contributed by atoms with E-state index in [1.807, 2.05) is 0 Å². The lowest BCUT2D eigenvalue weighted by molar-refractivity contribution is 0.0152. The molecule has 0 aromatic carbocycles. The molecular formula is C12H28N2OSi. The smallest absolute Gasteiger partial charge is 0.187 e. The standard InChI is InChI=1S/C12H28N2OSi/c1-16(2)11-5-8-12(15-16,6-3-9-13)7-4-10-14/h3-11,13-14H2,1-2H3. The predicted molar refractivity (Wildman–Crippen MR) is 71.9 cm³/mol. The van der Waals surface area contributed by atoms with Crippen LogP contribution in [0.2, 0.25) is 19.1 Å². The van der Waals surface area contributed by atoms with Crippen molar-refractivity contribution in [1.82, 2.24) is 0 Å². The first-order chi connectivity index (χ1) is 7.54. The van der Waals surface area contributed by atoms with Gasteiger partial charge in [-0.25, -0.2) is 0 Å². The Morgan fingerprint density at radius 2 is 1.69 bits per heavy atom. The summed E-state index contributed by atoms with van der Waals surface area (Å²) in [4.78, 5) is 0. The number of nitrogens with two attached hydrogens (primary N) is 2. The van der Waals surface area contributed by atoms with Crippen molar-refractivity contribution in [3.63, 3.8) is 0 Å². The Balaban J connectivity index is 2.61. The lowest BCUT2D eigenvalue weighted by Crippen LogP contribution is -2.48. The summed E-state index contributed by atoms with van der Waals surface area (Å²) < 4.78 is 6.49. The molecule has 0 atom stereocenters. The van der Waals surface area contributed by atoms with E-state index in [1.165, 1.54) is 18.9 Å². The van der Waals surface area contributed by atoms with E-state index in [0.29, 0.717) is 0 Å². The van der Waals surface area contributed by atoms with Gasteiger partial charge in [-0.05, 0) is 64.3 Å². The average Bonchev–Trinajstić information content (AvgIpc) is 2.22. The maximum Gasteiger partial charge on any atom is 0.187 e. The van der Waals surface area contributed by atoms with Gasteiger partial charge < -0.3 is 15.9 Å². The molecule has 0 aromatic heterocycles. The highest BCUT2D eigenvalue weighted by molar-refractivity contribution is 6.71. The van der Waals surface area contributed by atoms with Gasteiger partial charge in [0.2, 0.25) is 0 Å². The van der Waals surface area contributed by atoms with Crippen LogP contribution in [0.3, 0.4) is 0 Å². The van der Waals surface area contributed by atoms with E-state index in [0.717, 1.165) is 38.8 Å². The third kappa shape index (κ3) is 4.16.